The SMILES string of the molecule is COc1cccc(CN2CCC(c3cc(C(=O)NCc4cccs4)on3)CC2)c1OC. The van der Waals surface area contributed by atoms with E-state index in [-0.39, 0.29) is 11.7 Å². The maximum atomic E-state index is 12.3. The van der Waals surface area contributed by atoms with Gasteiger partial charge in [-0.1, -0.05) is 23.4 Å². The molecule has 1 saturated heterocycles. The van der Waals surface area contributed by atoms with Crippen molar-refractivity contribution in [3.05, 3.63) is 63.7 Å². The molecule has 0 saturated carbocycles. The molecule has 1 amide bonds. The van der Waals surface area contributed by atoms with E-state index < -0.39 is 0 Å². The van der Waals surface area contributed by atoms with Crippen molar-refractivity contribution < 1.29 is 18.8 Å². The third-order valence-electron chi connectivity index (χ3n) is 5.64. The summed E-state index contributed by atoms with van der Waals surface area (Å²) in [6, 6.07) is 11.7. The number of hydrogen-bond donors (Lipinski definition) is 1. The van der Waals surface area contributed by atoms with E-state index in [9.17, 15) is 4.79 Å². The molecular weight excluding hydrogens is 414 g/mol. The van der Waals surface area contributed by atoms with E-state index in [1.165, 1.54) is 0 Å². The normalized spacial score (nSPS) is 15.0. The lowest BCUT2D eigenvalue weighted by atomic mass is 9.93. The Morgan fingerprint density at radius 2 is 2.06 bits per heavy atom. The summed E-state index contributed by atoms with van der Waals surface area (Å²) in [5.74, 6) is 1.89. The quantitative estimate of drug-likeness (QED) is 0.568. The Labute approximate surface area is 185 Å². The van der Waals surface area contributed by atoms with Crippen LogP contribution in [0.1, 0.15) is 45.4 Å². The molecule has 1 fully saturated rings. The topological polar surface area (TPSA) is 76.8 Å². The number of nitrogens with one attached hydrogen (secondary N) is 1. The van der Waals surface area contributed by atoms with Crippen LogP contribution in [-0.4, -0.2) is 43.3 Å². The summed E-state index contributed by atoms with van der Waals surface area (Å²) in [5, 5.41) is 9.05. The number of amides is 1. The summed E-state index contributed by atoms with van der Waals surface area (Å²) in [7, 11) is 3.33. The van der Waals surface area contributed by atoms with Gasteiger partial charge in [-0.25, -0.2) is 0 Å². The van der Waals surface area contributed by atoms with Crippen molar-refractivity contribution in [1.29, 1.82) is 0 Å². The summed E-state index contributed by atoms with van der Waals surface area (Å²) < 4.78 is 16.3. The van der Waals surface area contributed by atoms with E-state index in [0.29, 0.717) is 12.5 Å². The third kappa shape index (κ3) is 5.08. The highest BCUT2D eigenvalue weighted by molar-refractivity contribution is 7.09. The van der Waals surface area contributed by atoms with Crippen molar-refractivity contribution in [2.45, 2.75) is 31.8 Å². The molecule has 1 N–H and O–H groups in total. The summed E-state index contributed by atoms with van der Waals surface area (Å²) in [6.45, 7) is 3.19. The van der Waals surface area contributed by atoms with Crippen LogP contribution in [0.25, 0.3) is 0 Å². The molecule has 4 rings (SSSR count). The van der Waals surface area contributed by atoms with E-state index >= 15 is 0 Å². The molecular formula is C23H27N3O4S. The number of methoxy groups -OCH3 is 2. The Morgan fingerprint density at radius 3 is 2.77 bits per heavy atom. The predicted octanol–water partition coefficient (Wildman–Crippen LogP) is 4.06. The van der Waals surface area contributed by atoms with Gasteiger partial charge in [0.15, 0.2) is 11.5 Å². The Bertz CT molecular complexity index is 994. The molecule has 1 aliphatic rings. The minimum atomic E-state index is -0.227. The fourth-order valence-electron chi connectivity index (χ4n) is 3.96. The summed E-state index contributed by atoms with van der Waals surface area (Å²) in [4.78, 5) is 15.8. The van der Waals surface area contributed by atoms with Crippen LogP contribution in [0.5, 0.6) is 11.5 Å². The second kappa shape index (κ2) is 9.98. The van der Waals surface area contributed by atoms with Gasteiger partial charge in [0, 0.05) is 29.0 Å². The van der Waals surface area contributed by atoms with Gasteiger partial charge >= 0.3 is 0 Å². The number of carbonyl (C=O) groups is 1. The molecule has 164 valence electrons. The Balaban J connectivity index is 1.31. The number of ether oxygens (including phenoxy) is 2. The second-order valence-electron chi connectivity index (χ2n) is 7.58. The van der Waals surface area contributed by atoms with Crippen LogP contribution in [0, 0.1) is 0 Å². The van der Waals surface area contributed by atoms with E-state index in [4.69, 9.17) is 14.0 Å². The number of carbonyl (C=O) groups excluding carboxylic acids is 1. The van der Waals surface area contributed by atoms with Crippen LogP contribution < -0.4 is 14.8 Å². The van der Waals surface area contributed by atoms with E-state index in [2.05, 4.69) is 21.4 Å². The molecule has 0 spiro atoms. The first kappa shape index (κ1) is 21.4. The molecule has 7 nitrogen and oxygen atoms in total. The number of benzene rings is 1. The molecule has 3 heterocycles. The number of hydrogen-bond acceptors (Lipinski definition) is 7. The van der Waals surface area contributed by atoms with Gasteiger partial charge in [-0.05, 0) is 43.4 Å². The average molecular weight is 442 g/mol. The molecule has 31 heavy (non-hydrogen) atoms. The first-order chi connectivity index (χ1) is 15.2. The van der Waals surface area contributed by atoms with Gasteiger partial charge < -0.3 is 19.3 Å². The number of aromatic nitrogens is 1. The van der Waals surface area contributed by atoms with Crippen LogP contribution in [-0.2, 0) is 13.1 Å². The maximum absolute atomic E-state index is 12.3. The van der Waals surface area contributed by atoms with Crippen molar-refractivity contribution in [2.75, 3.05) is 27.3 Å². The van der Waals surface area contributed by atoms with E-state index in [1.54, 1.807) is 31.6 Å². The molecule has 0 bridgehead atoms. The zero-order valence-corrected chi connectivity index (χ0v) is 18.6. The maximum Gasteiger partial charge on any atom is 0.290 e. The molecule has 1 aromatic carbocycles. The van der Waals surface area contributed by atoms with E-state index in [0.717, 1.165) is 60.1 Å². The van der Waals surface area contributed by atoms with Gasteiger partial charge in [0.1, 0.15) is 0 Å². The van der Waals surface area contributed by atoms with E-state index in [1.807, 2.05) is 29.6 Å². The monoisotopic (exact) mass is 441 g/mol. The molecule has 2 aromatic heterocycles. The van der Waals surface area contributed by atoms with Crippen molar-refractivity contribution >= 4 is 17.2 Å². The molecule has 0 atom stereocenters. The van der Waals surface area contributed by atoms with Crippen LogP contribution >= 0.6 is 11.3 Å². The molecule has 0 radical (unpaired) electrons. The van der Waals surface area contributed by atoms with Crippen LogP contribution in [0.2, 0.25) is 0 Å². The van der Waals surface area contributed by atoms with Gasteiger partial charge in [-0.3, -0.25) is 9.69 Å². The largest absolute Gasteiger partial charge is 0.493 e. The van der Waals surface area contributed by atoms with Gasteiger partial charge in [0.25, 0.3) is 5.91 Å². The molecule has 1 aliphatic heterocycles. The predicted molar refractivity (Wildman–Crippen MR) is 119 cm³/mol. The Kier molecular flexibility index (Phi) is 6.89. The van der Waals surface area contributed by atoms with Crippen LogP contribution in [0.3, 0.4) is 0 Å². The molecule has 3 aromatic rings. The summed E-state index contributed by atoms with van der Waals surface area (Å²) in [5.41, 5.74) is 1.98. The smallest absolute Gasteiger partial charge is 0.290 e. The van der Waals surface area contributed by atoms with Gasteiger partial charge in [-0.2, -0.15) is 0 Å². The Hall–Kier alpha value is -2.84. The van der Waals surface area contributed by atoms with Gasteiger partial charge in [0.05, 0.1) is 26.5 Å². The minimum Gasteiger partial charge on any atom is -0.493 e. The van der Waals surface area contributed by atoms with Gasteiger partial charge in [-0.15, -0.1) is 11.3 Å². The molecule has 8 heteroatoms. The zero-order valence-electron chi connectivity index (χ0n) is 17.8. The number of rotatable bonds is 8. The number of likely N-dealkylation sites (tertiary alicyclic amines) is 1. The van der Waals surface area contributed by atoms with Gasteiger partial charge in [0.2, 0.25) is 5.76 Å². The first-order valence-corrected chi connectivity index (χ1v) is 11.2. The third-order valence-corrected chi connectivity index (χ3v) is 6.52. The Morgan fingerprint density at radius 1 is 1.23 bits per heavy atom. The lowest BCUT2D eigenvalue weighted by Gasteiger charge is -2.31. The van der Waals surface area contributed by atoms with Crippen LogP contribution in [0.4, 0.5) is 0 Å². The standard InChI is InChI=1S/C23H27N3O4S/c1-28-20-7-3-5-17(22(20)29-2)15-26-10-8-16(9-11-26)19-13-21(30-25-19)23(27)24-14-18-6-4-12-31-18/h3-7,12-13,16H,8-11,14-15H2,1-2H3,(H,24,27). The summed E-state index contributed by atoms with van der Waals surface area (Å²) >= 11 is 1.61. The number of thiophene rings is 1. The number of piperidine rings is 1. The lowest BCUT2D eigenvalue weighted by Crippen LogP contribution is -2.32. The first-order valence-electron chi connectivity index (χ1n) is 10.4. The minimum absolute atomic E-state index is 0.227. The van der Waals surface area contributed by atoms with Crippen molar-refractivity contribution in [1.82, 2.24) is 15.4 Å². The van der Waals surface area contributed by atoms with Crippen LogP contribution in [0.15, 0.2) is 46.3 Å². The highest BCUT2D eigenvalue weighted by atomic mass is 32.1. The van der Waals surface area contributed by atoms with Crippen molar-refractivity contribution in [2.24, 2.45) is 0 Å². The lowest BCUT2D eigenvalue weighted by molar-refractivity contribution is 0.0914. The highest BCUT2D eigenvalue weighted by Crippen LogP contribution is 2.33. The van der Waals surface area contributed by atoms with Crippen molar-refractivity contribution in [3.8, 4) is 11.5 Å². The average Bonchev–Trinajstić information content (AvgIpc) is 3.50. The second-order valence-corrected chi connectivity index (χ2v) is 8.61. The fraction of sp³-hybridized carbons (Fsp3) is 0.391. The summed E-state index contributed by atoms with van der Waals surface area (Å²) in [6.07, 6.45) is 1.93. The fourth-order valence-corrected chi connectivity index (χ4v) is 4.61. The molecule has 0 aliphatic carbocycles. The van der Waals surface area contributed by atoms with Crippen molar-refractivity contribution in [3.63, 3.8) is 0 Å². The molecule has 0 unspecified atom stereocenters. The highest BCUT2D eigenvalue weighted by Gasteiger charge is 2.25. The number of nitrogens with zero attached hydrogens (tertiary/aromatic N) is 2. The number of para-hydroxylation sites is 1. The zero-order chi connectivity index (χ0) is 21.6.